The van der Waals surface area contributed by atoms with E-state index in [0.29, 0.717) is 16.9 Å². The number of hydrogen-bond acceptors (Lipinski definition) is 4. The predicted octanol–water partition coefficient (Wildman–Crippen LogP) is 3.44. The normalized spacial score (nSPS) is 11.0. The van der Waals surface area contributed by atoms with Crippen molar-refractivity contribution in [1.29, 1.82) is 0 Å². The number of hydrogen-bond donors (Lipinski definition) is 2. The van der Waals surface area contributed by atoms with Crippen molar-refractivity contribution in [1.82, 2.24) is 4.98 Å². The monoisotopic (exact) mass is 367 g/mol. The summed E-state index contributed by atoms with van der Waals surface area (Å²) >= 11 is 0. The molecule has 7 heteroatoms. The molecule has 0 aliphatic rings. The molecule has 0 unspecified atom stereocenters. The van der Waals surface area contributed by atoms with Gasteiger partial charge in [0.1, 0.15) is 0 Å². The standard InChI is InChI=1S/C19H17N3O3S/c1-14-4-8-16(9-5-14)22-26(24,25)18-10-6-15(7-11-18)19(23)21-17-3-2-12-20-13-17/h2-13,22H,1H3,(H,21,23). The summed E-state index contributed by atoms with van der Waals surface area (Å²) in [5, 5.41) is 2.70. The molecule has 0 radical (unpaired) electrons. The summed E-state index contributed by atoms with van der Waals surface area (Å²) < 4.78 is 27.4. The topological polar surface area (TPSA) is 88.2 Å². The van der Waals surface area contributed by atoms with Crippen molar-refractivity contribution in [3.8, 4) is 0 Å². The van der Waals surface area contributed by atoms with Gasteiger partial charge in [0.2, 0.25) is 0 Å². The smallest absolute Gasteiger partial charge is 0.261 e. The first-order valence-electron chi connectivity index (χ1n) is 7.85. The zero-order chi connectivity index (χ0) is 18.6. The lowest BCUT2D eigenvalue weighted by molar-refractivity contribution is 0.102. The molecule has 0 aliphatic heterocycles. The van der Waals surface area contributed by atoms with Crippen LogP contribution >= 0.6 is 0 Å². The van der Waals surface area contributed by atoms with Gasteiger partial charge in [-0.1, -0.05) is 17.7 Å². The van der Waals surface area contributed by atoms with E-state index < -0.39 is 10.0 Å². The number of rotatable bonds is 5. The third-order valence-corrected chi connectivity index (χ3v) is 5.05. The highest BCUT2D eigenvalue weighted by Crippen LogP contribution is 2.17. The Morgan fingerprint density at radius 3 is 2.23 bits per heavy atom. The van der Waals surface area contributed by atoms with Gasteiger partial charge in [-0.05, 0) is 55.5 Å². The minimum absolute atomic E-state index is 0.0796. The lowest BCUT2D eigenvalue weighted by Gasteiger charge is -2.09. The summed E-state index contributed by atoms with van der Waals surface area (Å²) in [6.45, 7) is 1.92. The maximum Gasteiger partial charge on any atom is 0.261 e. The van der Waals surface area contributed by atoms with Crippen molar-refractivity contribution in [2.45, 2.75) is 11.8 Å². The molecular weight excluding hydrogens is 350 g/mol. The Kier molecular flexibility index (Phi) is 4.99. The fraction of sp³-hybridized carbons (Fsp3) is 0.0526. The summed E-state index contributed by atoms with van der Waals surface area (Å²) in [5.41, 5.74) is 2.43. The minimum Gasteiger partial charge on any atom is -0.321 e. The van der Waals surface area contributed by atoms with Crippen molar-refractivity contribution < 1.29 is 13.2 Å². The SMILES string of the molecule is Cc1ccc(NS(=O)(=O)c2ccc(C(=O)Nc3cccnc3)cc2)cc1. The van der Waals surface area contributed by atoms with E-state index in [1.807, 2.05) is 19.1 Å². The number of carbonyl (C=O) groups excluding carboxylic acids is 1. The Morgan fingerprint density at radius 2 is 1.62 bits per heavy atom. The molecule has 0 bridgehead atoms. The first-order chi connectivity index (χ1) is 12.4. The highest BCUT2D eigenvalue weighted by Gasteiger charge is 2.15. The number of anilines is 2. The van der Waals surface area contributed by atoms with Crippen molar-refractivity contribution in [2.75, 3.05) is 10.0 Å². The fourth-order valence-corrected chi connectivity index (χ4v) is 3.32. The second-order valence-corrected chi connectivity index (χ2v) is 7.37. The van der Waals surface area contributed by atoms with Gasteiger partial charge in [0.15, 0.2) is 0 Å². The molecule has 2 N–H and O–H groups in total. The first-order valence-corrected chi connectivity index (χ1v) is 9.33. The van der Waals surface area contributed by atoms with Crippen molar-refractivity contribution >= 4 is 27.3 Å². The van der Waals surface area contributed by atoms with Crippen LogP contribution in [0.4, 0.5) is 11.4 Å². The van der Waals surface area contributed by atoms with Gasteiger partial charge in [-0.2, -0.15) is 0 Å². The zero-order valence-electron chi connectivity index (χ0n) is 14.0. The number of nitrogens with one attached hydrogen (secondary N) is 2. The second kappa shape index (κ2) is 7.37. The number of amides is 1. The lowest BCUT2D eigenvalue weighted by Crippen LogP contribution is -2.14. The van der Waals surface area contributed by atoms with Gasteiger partial charge in [-0.3, -0.25) is 14.5 Å². The number of carbonyl (C=O) groups is 1. The van der Waals surface area contributed by atoms with Crippen LogP contribution in [0.25, 0.3) is 0 Å². The molecule has 0 fully saturated rings. The molecule has 1 amide bonds. The van der Waals surface area contributed by atoms with E-state index in [2.05, 4.69) is 15.0 Å². The third kappa shape index (κ3) is 4.25. The molecule has 3 aromatic rings. The van der Waals surface area contributed by atoms with Gasteiger partial charge in [0, 0.05) is 17.4 Å². The summed E-state index contributed by atoms with van der Waals surface area (Å²) in [5.74, 6) is -0.339. The van der Waals surface area contributed by atoms with Crippen LogP contribution < -0.4 is 10.0 Å². The average molecular weight is 367 g/mol. The maximum atomic E-state index is 12.4. The van der Waals surface area contributed by atoms with Crippen LogP contribution in [0.15, 0.2) is 78.0 Å². The molecule has 1 aromatic heterocycles. The number of sulfonamides is 1. The van der Waals surface area contributed by atoms with Crippen LogP contribution in [0.3, 0.4) is 0 Å². The first kappa shape index (κ1) is 17.6. The summed E-state index contributed by atoms with van der Waals surface area (Å²) in [7, 11) is -3.72. The summed E-state index contributed by atoms with van der Waals surface area (Å²) in [4.78, 5) is 16.2. The van der Waals surface area contributed by atoms with Crippen molar-refractivity contribution in [3.63, 3.8) is 0 Å². The van der Waals surface area contributed by atoms with Crippen molar-refractivity contribution in [2.24, 2.45) is 0 Å². The molecule has 2 aromatic carbocycles. The molecule has 0 saturated carbocycles. The summed E-state index contributed by atoms with van der Waals surface area (Å²) in [6, 6.07) is 16.2. The average Bonchev–Trinajstić information content (AvgIpc) is 2.64. The van der Waals surface area contributed by atoms with Crippen LogP contribution in [0.2, 0.25) is 0 Å². The fourth-order valence-electron chi connectivity index (χ4n) is 2.26. The quantitative estimate of drug-likeness (QED) is 0.723. The molecule has 0 saturated heterocycles. The third-order valence-electron chi connectivity index (χ3n) is 3.65. The van der Waals surface area contributed by atoms with E-state index in [-0.39, 0.29) is 10.8 Å². The van der Waals surface area contributed by atoms with Crippen LogP contribution in [0, 0.1) is 6.92 Å². The minimum atomic E-state index is -3.72. The zero-order valence-corrected chi connectivity index (χ0v) is 14.8. The Hall–Kier alpha value is -3.19. The van der Waals surface area contributed by atoms with Gasteiger partial charge in [0.05, 0.1) is 16.8 Å². The van der Waals surface area contributed by atoms with Crippen LogP contribution in [0.1, 0.15) is 15.9 Å². The van der Waals surface area contributed by atoms with Gasteiger partial charge in [0.25, 0.3) is 15.9 Å². The maximum absolute atomic E-state index is 12.4. The molecule has 6 nitrogen and oxygen atoms in total. The highest BCUT2D eigenvalue weighted by atomic mass is 32.2. The van der Waals surface area contributed by atoms with Crippen LogP contribution in [-0.4, -0.2) is 19.3 Å². The Bertz CT molecular complexity index is 1000. The largest absolute Gasteiger partial charge is 0.321 e. The molecule has 0 atom stereocenters. The molecule has 0 aliphatic carbocycles. The van der Waals surface area contributed by atoms with E-state index >= 15 is 0 Å². The van der Waals surface area contributed by atoms with E-state index in [4.69, 9.17) is 0 Å². The number of benzene rings is 2. The Labute approximate surface area is 152 Å². The van der Waals surface area contributed by atoms with E-state index in [1.165, 1.54) is 30.5 Å². The van der Waals surface area contributed by atoms with E-state index in [1.54, 1.807) is 30.5 Å². The number of nitrogens with zero attached hydrogens (tertiary/aromatic N) is 1. The predicted molar refractivity (Wildman–Crippen MR) is 101 cm³/mol. The molecule has 132 valence electrons. The molecule has 26 heavy (non-hydrogen) atoms. The molecule has 3 rings (SSSR count). The molecular formula is C19H17N3O3S. The number of aromatic nitrogens is 1. The van der Waals surface area contributed by atoms with Gasteiger partial charge in [-0.25, -0.2) is 8.42 Å². The molecule has 1 heterocycles. The lowest BCUT2D eigenvalue weighted by atomic mass is 10.2. The van der Waals surface area contributed by atoms with Gasteiger partial charge >= 0.3 is 0 Å². The number of pyridine rings is 1. The Balaban J connectivity index is 1.73. The summed E-state index contributed by atoms with van der Waals surface area (Å²) in [6.07, 6.45) is 3.14. The van der Waals surface area contributed by atoms with E-state index in [9.17, 15) is 13.2 Å². The molecule has 0 spiro atoms. The number of aryl methyl sites for hydroxylation is 1. The van der Waals surface area contributed by atoms with E-state index in [0.717, 1.165) is 5.56 Å². The van der Waals surface area contributed by atoms with Gasteiger partial charge < -0.3 is 5.32 Å². The van der Waals surface area contributed by atoms with Gasteiger partial charge in [-0.15, -0.1) is 0 Å². The van der Waals surface area contributed by atoms with Crippen molar-refractivity contribution in [3.05, 3.63) is 84.2 Å². The highest BCUT2D eigenvalue weighted by molar-refractivity contribution is 7.92. The second-order valence-electron chi connectivity index (χ2n) is 5.69. The van der Waals surface area contributed by atoms with Crippen LogP contribution in [0.5, 0.6) is 0 Å². The Morgan fingerprint density at radius 1 is 0.923 bits per heavy atom. The van der Waals surface area contributed by atoms with Crippen LogP contribution in [-0.2, 0) is 10.0 Å².